The van der Waals surface area contributed by atoms with Crippen LogP contribution in [-0.2, 0) is 14.4 Å². The van der Waals surface area contributed by atoms with E-state index in [2.05, 4.69) is 17.1 Å². The number of benzene rings is 2. The molecule has 1 saturated carbocycles. The summed E-state index contributed by atoms with van der Waals surface area (Å²) in [4.78, 5) is 71.5. The maximum atomic E-state index is 13.1. The van der Waals surface area contributed by atoms with Gasteiger partial charge < -0.3 is 4.90 Å². The van der Waals surface area contributed by atoms with Gasteiger partial charge in [-0.05, 0) is 35.8 Å². The maximum absolute atomic E-state index is 13.1. The lowest BCUT2D eigenvalue weighted by molar-refractivity contribution is -0.141. The molecular formula is C29H28N4O5. The van der Waals surface area contributed by atoms with Gasteiger partial charge in [-0.3, -0.25) is 38.7 Å². The Morgan fingerprint density at radius 1 is 0.737 bits per heavy atom. The number of nitrogens with zero attached hydrogens (tertiary/aromatic N) is 4. The van der Waals surface area contributed by atoms with Gasteiger partial charge >= 0.3 is 0 Å². The van der Waals surface area contributed by atoms with E-state index in [1.54, 1.807) is 29.2 Å². The van der Waals surface area contributed by atoms with Crippen molar-refractivity contribution < 1.29 is 24.0 Å². The van der Waals surface area contributed by atoms with Gasteiger partial charge in [0, 0.05) is 55.8 Å². The van der Waals surface area contributed by atoms with Gasteiger partial charge in [0.2, 0.25) is 17.7 Å². The number of allylic oxidation sites excluding steroid dienone is 2. The molecule has 5 amide bonds. The Labute approximate surface area is 219 Å². The third kappa shape index (κ3) is 3.37. The Kier molecular flexibility index (Phi) is 5.26. The SMILES string of the molecule is O=C(CN1C(=O)c2cccc3cccc(c23)C1=O)N1CCN(CCN2C(=O)[C@@H]3[C@@H](C2=O)[C@H]2C=C[C@H]3C2)CC1. The lowest BCUT2D eigenvalue weighted by Crippen LogP contribution is -2.54. The molecule has 3 aliphatic heterocycles. The molecule has 3 fully saturated rings. The Morgan fingerprint density at radius 2 is 1.32 bits per heavy atom. The number of fused-ring (bicyclic) bond motifs is 5. The van der Waals surface area contributed by atoms with Crippen LogP contribution < -0.4 is 0 Å². The van der Waals surface area contributed by atoms with E-state index < -0.39 is 11.8 Å². The number of hydrogen-bond acceptors (Lipinski definition) is 6. The zero-order valence-electron chi connectivity index (χ0n) is 20.9. The van der Waals surface area contributed by atoms with Crippen LogP contribution >= 0.6 is 0 Å². The number of imide groups is 2. The molecule has 7 rings (SSSR count). The van der Waals surface area contributed by atoms with Crippen molar-refractivity contribution in [2.45, 2.75) is 6.42 Å². The molecule has 5 aliphatic rings. The maximum Gasteiger partial charge on any atom is 0.261 e. The normalized spacial score (nSPS) is 28.3. The number of rotatable bonds is 5. The highest BCUT2D eigenvalue weighted by molar-refractivity contribution is 6.26. The largest absolute Gasteiger partial charge is 0.339 e. The van der Waals surface area contributed by atoms with Gasteiger partial charge in [0.25, 0.3) is 11.8 Å². The standard InChI is InChI=1S/C29H28N4O5/c34-22(16-33-26(35)20-5-1-3-17-4-2-6-21(23(17)20)27(33)36)31-12-9-30(10-13-31)11-14-32-28(37)24-18-7-8-19(15-18)25(24)29(32)38/h1-8,18-19,24-25H,9-16H2/t18-,19-,24-,25-/m0/s1. The molecule has 38 heavy (non-hydrogen) atoms. The summed E-state index contributed by atoms with van der Waals surface area (Å²) in [6, 6.07) is 10.7. The first kappa shape index (κ1) is 23.3. The summed E-state index contributed by atoms with van der Waals surface area (Å²) in [5.74, 6) is -1.14. The molecule has 9 nitrogen and oxygen atoms in total. The Bertz CT molecular complexity index is 1360. The second-order valence-electron chi connectivity index (χ2n) is 11.0. The number of hydrogen-bond donors (Lipinski definition) is 0. The minimum Gasteiger partial charge on any atom is -0.339 e. The van der Waals surface area contributed by atoms with Gasteiger partial charge in [0.15, 0.2) is 0 Å². The van der Waals surface area contributed by atoms with E-state index in [0.29, 0.717) is 55.8 Å². The molecule has 2 saturated heterocycles. The molecule has 4 atom stereocenters. The van der Waals surface area contributed by atoms with Crippen molar-refractivity contribution in [3.8, 4) is 0 Å². The molecule has 194 valence electrons. The molecule has 3 heterocycles. The minimum atomic E-state index is -0.445. The molecule has 0 aromatic heterocycles. The number of amides is 5. The van der Waals surface area contributed by atoms with Crippen LogP contribution in [0.3, 0.4) is 0 Å². The number of carbonyl (C=O) groups is 5. The summed E-state index contributed by atoms with van der Waals surface area (Å²) in [5, 5.41) is 1.47. The predicted molar refractivity (Wildman–Crippen MR) is 137 cm³/mol. The van der Waals surface area contributed by atoms with E-state index in [0.717, 1.165) is 16.7 Å². The van der Waals surface area contributed by atoms with Crippen molar-refractivity contribution >= 4 is 40.3 Å². The molecule has 2 aromatic carbocycles. The van der Waals surface area contributed by atoms with Gasteiger partial charge in [-0.25, -0.2) is 0 Å². The van der Waals surface area contributed by atoms with E-state index in [-0.39, 0.29) is 47.9 Å². The average Bonchev–Trinajstić information content (AvgIpc) is 3.62. The molecule has 2 bridgehead atoms. The Morgan fingerprint density at radius 3 is 1.89 bits per heavy atom. The number of carbonyl (C=O) groups excluding carboxylic acids is 5. The fourth-order valence-electron chi connectivity index (χ4n) is 7.11. The second kappa shape index (κ2) is 8.59. The first-order valence-corrected chi connectivity index (χ1v) is 13.3. The Balaban J connectivity index is 0.948. The number of likely N-dealkylation sites (tertiary alicyclic amines) is 1. The summed E-state index contributed by atoms with van der Waals surface area (Å²) >= 11 is 0. The zero-order chi connectivity index (χ0) is 26.1. The summed E-state index contributed by atoms with van der Waals surface area (Å²) < 4.78 is 0. The van der Waals surface area contributed by atoms with Crippen molar-refractivity contribution in [3.05, 3.63) is 59.7 Å². The molecule has 0 N–H and O–H groups in total. The molecule has 0 radical (unpaired) electrons. The third-order valence-electron chi connectivity index (χ3n) is 9.08. The van der Waals surface area contributed by atoms with Crippen molar-refractivity contribution in [2.24, 2.45) is 23.7 Å². The first-order chi connectivity index (χ1) is 18.4. The highest BCUT2D eigenvalue weighted by Gasteiger charge is 2.59. The van der Waals surface area contributed by atoms with Gasteiger partial charge in [0.05, 0.1) is 11.8 Å². The summed E-state index contributed by atoms with van der Waals surface area (Å²) in [5.41, 5.74) is 0.878. The number of piperazine rings is 1. The molecule has 9 heteroatoms. The topological polar surface area (TPSA) is 98.3 Å². The van der Waals surface area contributed by atoms with Crippen LogP contribution in [0.2, 0.25) is 0 Å². The second-order valence-corrected chi connectivity index (χ2v) is 11.0. The lowest BCUT2D eigenvalue weighted by Gasteiger charge is -2.36. The predicted octanol–water partition coefficient (Wildman–Crippen LogP) is 1.39. The minimum absolute atomic E-state index is 0.0289. The fourth-order valence-corrected chi connectivity index (χ4v) is 7.11. The van der Waals surface area contributed by atoms with Crippen LogP contribution in [0, 0.1) is 23.7 Å². The lowest BCUT2D eigenvalue weighted by atomic mass is 9.85. The van der Waals surface area contributed by atoms with E-state index in [1.165, 1.54) is 4.90 Å². The summed E-state index contributed by atoms with van der Waals surface area (Å²) in [7, 11) is 0. The van der Waals surface area contributed by atoms with Crippen LogP contribution in [0.15, 0.2) is 48.6 Å². The van der Waals surface area contributed by atoms with Gasteiger partial charge in [-0.15, -0.1) is 0 Å². The molecule has 2 aromatic rings. The van der Waals surface area contributed by atoms with Crippen molar-refractivity contribution in [1.82, 2.24) is 19.6 Å². The van der Waals surface area contributed by atoms with Crippen molar-refractivity contribution in [1.29, 1.82) is 0 Å². The van der Waals surface area contributed by atoms with Gasteiger partial charge in [0.1, 0.15) is 6.54 Å². The van der Waals surface area contributed by atoms with E-state index >= 15 is 0 Å². The van der Waals surface area contributed by atoms with Crippen LogP contribution in [0.25, 0.3) is 10.8 Å². The van der Waals surface area contributed by atoms with Crippen LogP contribution in [-0.4, -0.2) is 94.9 Å². The summed E-state index contributed by atoms with van der Waals surface area (Å²) in [6.07, 6.45) is 5.12. The van der Waals surface area contributed by atoms with Gasteiger partial charge in [-0.2, -0.15) is 0 Å². The van der Waals surface area contributed by atoms with Crippen LogP contribution in [0.1, 0.15) is 27.1 Å². The Hall–Kier alpha value is -3.85. The smallest absolute Gasteiger partial charge is 0.261 e. The molecule has 0 unspecified atom stereocenters. The molecule has 0 spiro atoms. The zero-order valence-corrected chi connectivity index (χ0v) is 20.9. The highest BCUT2D eigenvalue weighted by Crippen LogP contribution is 2.52. The van der Waals surface area contributed by atoms with Gasteiger partial charge in [-0.1, -0.05) is 36.4 Å². The molecule has 2 aliphatic carbocycles. The quantitative estimate of drug-likeness (QED) is 0.444. The van der Waals surface area contributed by atoms with Crippen LogP contribution in [0.4, 0.5) is 0 Å². The van der Waals surface area contributed by atoms with E-state index in [4.69, 9.17) is 0 Å². The molecular weight excluding hydrogens is 484 g/mol. The van der Waals surface area contributed by atoms with E-state index in [9.17, 15) is 24.0 Å². The average molecular weight is 513 g/mol. The highest BCUT2D eigenvalue weighted by atomic mass is 16.2. The van der Waals surface area contributed by atoms with Crippen molar-refractivity contribution in [3.63, 3.8) is 0 Å². The summed E-state index contributed by atoms with van der Waals surface area (Å²) in [6.45, 7) is 2.78. The first-order valence-electron chi connectivity index (χ1n) is 13.3. The van der Waals surface area contributed by atoms with Crippen molar-refractivity contribution in [2.75, 3.05) is 45.8 Å². The monoisotopic (exact) mass is 512 g/mol. The fraction of sp³-hybridized carbons (Fsp3) is 0.414. The van der Waals surface area contributed by atoms with Crippen LogP contribution in [0.5, 0.6) is 0 Å². The third-order valence-corrected chi connectivity index (χ3v) is 9.08. The van der Waals surface area contributed by atoms with E-state index in [1.807, 2.05) is 12.1 Å².